The van der Waals surface area contributed by atoms with Gasteiger partial charge in [-0.2, -0.15) is 0 Å². The number of ether oxygens (including phenoxy) is 2. The smallest absolute Gasteiger partial charge is 0.161 e. The Balaban J connectivity index is 1.37. The van der Waals surface area contributed by atoms with Gasteiger partial charge in [-0.1, -0.05) is 24.3 Å². The van der Waals surface area contributed by atoms with Crippen LogP contribution < -0.4 is 9.47 Å². The topological polar surface area (TPSA) is 37.5 Å². The average Bonchev–Trinajstić information content (AvgIpc) is 2.99. The van der Waals surface area contributed by atoms with Crippen LogP contribution in [0.4, 0.5) is 0 Å². The van der Waals surface area contributed by atoms with Gasteiger partial charge in [0.1, 0.15) is 13.2 Å². The maximum atomic E-state index is 5.70. The molecule has 2 aromatic carbocycles. The second kappa shape index (κ2) is 5.56. The number of fused-ring (bicyclic) bond motifs is 4. The molecular weight excluding hydrogens is 300 g/mol. The van der Waals surface area contributed by atoms with Crippen molar-refractivity contribution >= 4 is 10.9 Å². The van der Waals surface area contributed by atoms with Crippen molar-refractivity contribution in [3.05, 3.63) is 59.3 Å². The monoisotopic (exact) mass is 320 g/mol. The molecule has 0 bridgehead atoms. The van der Waals surface area contributed by atoms with E-state index in [9.17, 15) is 0 Å². The Kier molecular flexibility index (Phi) is 3.23. The summed E-state index contributed by atoms with van der Waals surface area (Å²) in [5.74, 6) is 1.74. The van der Waals surface area contributed by atoms with E-state index in [0.29, 0.717) is 13.2 Å². The highest BCUT2D eigenvalue weighted by molar-refractivity contribution is 5.84. The molecule has 0 spiro atoms. The first-order valence-corrected chi connectivity index (χ1v) is 8.56. The summed E-state index contributed by atoms with van der Waals surface area (Å²) >= 11 is 0. The number of rotatable bonds is 2. The van der Waals surface area contributed by atoms with Crippen molar-refractivity contribution in [1.29, 1.82) is 0 Å². The van der Waals surface area contributed by atoms with Crippen LogP contribution in [0, 0.1) is 0 Å². The molecule has 122 valence electrons. The lowest BCUT2D eigenvalue weighted by atomic mass is 10.0. The van der Waals surface area contributed by atoms with E-state index in [1.165, 1.54) is 27.7 Å². The highest BCUT2D eigenvalue weighted by Gasteiger charge is 2.21. The fourth-order valence-corrected chi connectivity index (χ4v) is 3.83. The van der Waals surface area contributed by atoms with Crippen LogP contribution in [0.1, 0.15) is 16.8 Å². The molecule has 3 aromatic rings. The first-order valence-electron chi connectivity index (χ1n) is 8.56. The van der Waals surface area contributed by atoms with E-state index in [2.05, 4.69) is 46.3 Å². The van der Waals surface area contributed by atoms with Crippen LogP contribution >= 0.6 is 0 Å². The van der Waals surface area contributed by atoms with Crippen molar-refractivity contribution in [2.24, 2.45) is 0 Å². The van der Waals surface area contributed by atoms with Crippen LogP contribution in [0.2, 0.25) is 0 Å². The largest absolute Gasteiger partial charge is 0.486 e. The molecule has 5 rings (SSSR count). The zero-order valence-electron chi connectivity index (χ0n) is 13.5. The minimum Gasteiger partial charge on any atom is -0.486 e. The minimum atomic E-state index is 0.637. The standard InChI is InChI=1S/C20H20N2O2/c1-2-4-17-15(3-1)16-7-8-22(13-18(16)21-17)12-14-5-6-19-20(11-14)24-10-9-23-19/h1-6,11,21H,7-10,12-13H2. The minimum absolute atomic E-state index is 0.637. The van der Waals surface area contributed by atoms with E-state index in [4.69, 9.17) is 9.47 Å². The number of benzene rings is 2. The molecule has 3 heterocycles. The van der Waals surface area contributed by atoms with Crippen LogP contribution in [0.5, 0.6) is 11.5 Å². The molecule has 2 aliphatic rings. The van der Waals surface area contributed by atoms with E-state index in [1.54, 1.807) is 0 Å². The molecule has 0 amide bonds. The summed E-state index contributed by atoms with van der Waals surface area (Å²) < 4.78 is 11.3. The maximum absolute atomic E-state index is 5.70. The van der Waals surface area contributed by atoms with Gasteiger partial charge in [0, 0.05) is 36.2 Å². The Labute approximate surface area is 141 Å². The molecule has 2 aliphatic heterocycles. The van der Waals surface area contributed by atoms with Crippen molar-refractivity contribution in [2.45, 2.75) is 19.5 Å². The van der Waals surface area contributed by atoms with Crippen molar-refractivity contribution in [1.82, 2.24) is 9.88 Å². The predicted molar refractivity (Wildman–Crippen MR) is 93.5 cm³/mol. The van der Waals surface area contributed by atoms with Crippen LogP contribution in [-0.4, -0.2) is 29.6 Å². The molecule has 1 aromatic heterocycles. The van der Waals surface area contributed by atoms with Crippen LogP contribution in [-0.2, 0) is 19.5 Å². The van der Waals surface area contributed by atoms with Crippen LogP contribution in [0.3, 0.4) is 0 Å². The van der Waals surface area contributed by atoms with Crippen molar-refractivity contribution in [2.75, 3.05) is 19.8 Å². The first kappa shape index (κ1) is 13.9. The Bertz CT molecular complexity index is 900. The van der Waals surface area contributed by atoms with E-state index >= 15 is 0 Å². The molecule has 0 saturated carbocycles. The Morgan fingerprint density at radius 1 is 1.00 bits per heavy atom. The van der Waals surface area contributed by atoms with Gasteiger partial charge < -0.3 is 14.5 Å². The molecule has 4 heteroatoms. The molecule has 0 radical (unpaired) electrons. The Hall–Kier alpha value is -2.46. The first-order chi connectivity index (χ1) is 11.9. The van der Waals surface area contributed by atoms with Gasteiger partial charge in [0.05, 0.1) is 0 Å². The zero-order valence-corrected chi connectivity index (χ0v) is 13.5. The van der Waals surface area contributed by atoms with Gasteiger partial charge in [0.25, 0.3) is 0 Å². The van der Waals surface area contributed by atoms with Crippen molar-refractivity contribution < 1.29 is 9.47 Å². The molecule has 0 atom stereocenters. The normalized spacial score (nSPS) is 17.0. The lowest BCUT2D eigenvalue weighted by molar-refractivity contribution is 0.171. The second-order valence-electron chi connectivity index (χ2n) is 6.57. The number of para-hydroxylation sites is 1. The summed E-state index contributed by atoms with van der Waals surface area (Å²) in [6.45, 7) is 4.27. The van der Waals surface area contributed by atoms with Gasteiger partial charge in [-0.05, 0) is 35.7 Å². The lowest BCUT2D eigenvalue weighted by Crippen LogP contribution is -2.30. The van der Waals surface area contributed by atoms with Crippen LogP contribution in [0.25, 0.3) is 10.9 Å². The van der Waals surface area contributed by atoms with Gasteiger partial charge in [-0.3, -0.25) is 4.90 Å². The fraction of sp³-hybridized carbons (Fsp3) is 0.300. The van der Waals surface area contributed by atoms with Gasteiger partial charge >= 0.3 is 0 Å². The van der Waals surface area contributed by atoms with E-state index in [-0.39, 0.29) is 0 Å². The summed E-state index contributed by atoms with van der Waals surface area (Å²) in [5.41, 5.74) is 5.38. The molecule has 0 unspecified atom stereocenters. The number of hydrogen-bond donors (Lipinski definition) is 1. The van der Waals surface area contributed by atoms with E-state index in [1.807, 2.05) is 6.07 Å². The number of aromatic nitrogens is 1. The molecule has 1 N–H and O–H groups in total. The SMILES string of the molecule is c1ccc2c3c([nH]c2c1)CN(Cc1ccc2c(c1)OCCO2)CC3. The third-order valence-electron chi connectivity index (χ3n) is 4.97. The van der Waals surface area contributed by atoms with Crippen molar-refractivity contribution in [3.8, 4) is 11.5 Å². The Morgan fingerprint density at radius 3 is 2.83 bits per heavy atom. The predicted octanol–water partition coefficient (Wildman–Crippen LogP) is 3.50. The molecule has 4 nitrogen and oxygen atoms in total. The summed E-state index contributed by atoms with van der Waals surface area (Å²) in [6, 6.07) is 14.9. The van der Waals surface area contributed by atoms with E-state index in [0.717, 1.165) is 37.6 Å². The highest BCUT2D eigenvalue weighted by Crippen LogP contribution is 2.32. The van der Waals surface area contributed by atoms with Gasteiger partial charge in [-0.15, -0.1) is 0 Å². The van der Waals surface area contributed by atoms with Gasteiger partial charge in [-0.25, -0.2) is 0 Å². The maximum Gasteiger partial charge on any atom is 0.161 e. The number of hydrogen-bond acceptors (Lipinski definition) is 3. The summed E-state index contributed by atoms with van der Waals surface area (Å²) in [7, 11) is 0. The van der Waals surface area contributed by atoms with E-state index < -0.39 is 0 Å². The molecule has 24 heavy (non-hydrogen) atoms. The number of aromatic amines is 1. The quantitative estimate of drug-likeness (QED) is 0.785. The number of nitrogens with one attached hydrogen (secondary N) is 1. The molecule has 0 fully saturated rings. The molecular formula is C20H20N2O2. The summed E-state index contributed by atoms with van der Waals surface area (Å²) in [5, 5.41) is 1.38. The third-order valence-corrected chi connectivity index (χ3v) is 4.97. The summed E-state index contributed by atoms with van der Waals surface area (Å²) in [6.07, 6.45) is 1.10. The molecule has 0 saturated heterocycles. The van der Waals surface area contributed by atoms with Gasteiger partial charge in [0.15, 0.2) is 11.5 Å². The zero-order chi connectivity index (χ0) is 15.9. The third kappa shape index (κ3) is 2.34. The molecule has 0 aliphatic carbocycles. The van der Waals surface area contributed by atoms with Crippen LogP contribution in [0.15, 0.2) is 42.5 Å². The van der Waals surface area contributed by atoms with Crippen molar-refractivity contribution in [3.63, 3.8) is 0 Å². The highest BCUT2D eigenvalue weighted by atomic mass is 16.6. The average molecular weight is 320 g/mol. The Morgan fingerprint density at radius 2 is 1.88 bits per heavy atom. The lowest BCUT2D eigenvalue weighted by Gasteiger charge is -2.27. The second-order valence-corrected chi connectivity index (χ2v) is 6.57. The number of nitrogens with zero attached hydrogens (tertiary/aromatic N) is 1. The number of H-pyrrole nitrogens is 1. The summed E-state index contributed by atoms with van der Waals surface area (Å²) in [4.78, 5) is 6.08. The van der Waals surface area contributed by atoms with Gasteiger partial charge in [0.2, 0.25) is 0 Å². The fourth-order valence-electron chi connectivity index (χ4n) is 3.83.